The highest BCUT2D eigenvalue weighted by Gasteiger charge is 2.39. The predicted molar refractivity (Wildman–Crippen MR) is 62.8 cm³/mol. The molecule has 1 N–H and O–H groups in total. The number of benzene rings is 1. The number of halogens is 5. The molecule has 0 bridgehead atoms. The third-order valence-corrected chi connectivity index (χ3v) is 2.14. The van der Waals surface area contributed by atoms with Crippen molar-refractivity contribution >= 4 is 11.6 Å². The summed E-state index contributed by atoms with van der Waals surface area (Å²) in [6.45, 7) is 0. The number of nitrogens with zero attached hydrogens (tertiary/aromatic N) is 1. The Morgan fingerprint density at radius 3 is 2.10 bits per heavy atom. The molecule has 8 heteroatoms. The van der Waals surface area contributed by atoms with Gasteiger partial charge in [0, 0.05) is 20.3 Å². The Kier molecular flexibility index (Phi) is 4.69. The topological polar surface area (TPSA) is 32.3 Å². The van der Waals surface area contributed by atoms with E-state index in [0.29, 0.717) is 6.20 Å². The molecule has 0 saturated carbocycles. The number of carbonyl (C=O) groups excluding carboxylic acids is 1. The first-order valence-electron chi connectivity index (χ1n) is 5.33. The van der Waals surface area contributed by atoms with E-state index >= 15 is 0 Å². The summed E-state index contributed by atoms with van der Waals surface area (Å²) < 4.78 is 64.6. The minimum absolute atomic E-state index is 0.522. The first kappa shape index (κ1) is 15.9. The summed E-state index contributed by atoms with van der Waals surface area (Å²) in [5.41, 5.74) is -2.49. The van der Waals surface area contributed by atoms with Crippen LogP contribution in [-0.4, -0.2) is 31.1 Å². The number of alkyl halides is 3. The minimum Gasteiger partial charge on any atom is -0.383 e. The maximum absolute atomic E-state index is 13.3. The van der Waals surface area contributed by atoms with Crippen LogP contribution in [0.25, 0.3) is 0 Å². The van der Waals surface area contributed by atoms with Gasteiger partial charge in [0.15, 0.2) is 0 Å². The number of rotatable bonds is 3. The van der Waals surface area contributed by atoms with E-state index in [1.54, 1.807) is 5.32 Å². The van der Waals surface area contributed by atoms with E-state index in [1.165, 1.54) is 14.1 Å². The second-order valence-corrected chi connectivity index (χ2v) is 4.05. The van der Waals surface area contributed by atoms with Crippen LogP contribution in [0.4, 0.5) is 27.6 Å². The zero-order valence-electron chi connectivity index (χ0n) is 10.6. The van der Waals surface area contributed by atoms with Gasteiger partial charge in [0.1, 0.15) is 22.9 Å². The van der Waals surface area contributed by atoms with Crippen molar-refractivity contribution in [3.05, 3.63) is 41.6 Å². The molecule has 0 aliphatic carbocycles. The highest BCUT2D eigenvalue weighted by molar-refractivity contribution is 6.04. The van der Waals surface area contributed by atoms with Crippen LogP contribution in [0.5, 0.6) is 0 Å². The number of para-hydroxylation sites is 1. The molecule has 0 aromatic heterocycles. The van der Waals surface area contributed by atoms with Crippen molar-refractivity contribution in [2.24, 2.45) is 0 Å². The molecule has 0 saturated heterocycles. The van der Waals surface area contributed by atoms with Gasteiger partial charge in [0.25, 0.3) is 5.91 Å². The second-order valence-electron chi connectivity index (χ2n) is 4.05. The van der Waals surface area contributed by atoms with Crippen LogP contribution in [0, 0.1) is 11.6 Å². The average molecular weight is 294 g/mol. The Morgan fingerprint density at radius 2 is 1.70 bits per heavy atom. The first-order chi connectivity index (χ1) is 9.12. The molecule has 0 spiro atoms. The lowest BCUT2D eigenvalue weighted by Gasteiger charge is -2.15. The SMILES string of the molecule is CN(C)C=C(C(=O)Nc1c(F)cccc1F)C(F)(F)F. The summed E-state index contributed by atoms with van der Waals surface area (Å²) in [6.07, 6.45) is -4.43. The van der Waals surface area contributed by atoms with Gasteiger partial charge in [-0.3, -0.25) is 4.79 Å². The summed E-state index contributed by atoms with van der Waals surface area (Å²) >= 11 is 0. The molecule has 0 unspecified atom stereocenters. The Labute approximate surface area is 111 Å². The van der Waals surface area contributed by atoms with Crippen LogP contribution < -0.4 is 5.32 Å². The molecule has 0 aliphatic rings. The normalized spacial score (nSPS) is 12.2. The minimum atomic E-state index is -4.95. The van der Waals surface area contributed by atoms with Gasteiger partial charge in [-0.05, 0) is 12.1 Å². The van der Waals surface area contributed by atoms with E-state index in [4.69, 9.17) is 0 Å². The lowest BCUT2D eigenvalue weighted by molar-refractivity contribution is -0.126. The summed E-state index contributed by atoms with van der Waals surface area (Å²) in [4.78, 5) is 12.5. The summed E-state index contributed by atoms with van der Waals surface area (Å²) in [6, 6.07) is 2.67. The van der Waals surface area contributed by atoms with Crippen molar-refractivity contribution < 1.29 is 26.7 Å². The average Bonchev–Trinajstić information content (AvgIpc) is 2.29. The maximum atomic E-state index is 13.3. The Morgan fingerprint density at radius 1 is 1.20 bits per heavy atom. The number of hydrogen-bond acceptors (Lipinski definition) is 2. The summed E-state index contributed by atoms with van der Waals surface area (Å²) in [5.74, 6) is -3.97. The van der Waals surface area contributed by atoms with E-state index in [9.17, 15) is 26.7 Å². The quantitative estimate of drug-likeness (QED) is 0.686. The number of amides is 1. The molecular formula is C12H11F5N2O. The Hall–Kier alpha value is -2.12. The maximum Gasteiger partial charge on any atom is 0.423 e. The fourth-order valence-corrected chi connectivity index (χ4v) is 1.32. The van der Waals surface area contributed by atoms with Crippen LogP contribution in [0.1, 0.15) is 0 Å². The lowest BCUT2D eigenvalue weighted by Crippen LogP contribution is -2.28. The van der Waals surface area contributed by atoms with Crippen LogP contribution in [0.3, 0.4) is 0 Å². The van der Waals surface area contributed by atoms with Gasteiger partial charge in [0.05, 0.1) is 0 Å². The fraction of sp³-hybridized carbons (Fsp3) is 0.250. The molecule has 0 fully saturated rings. The molecule has 20 heavy (non-hydrogen) atoms. The molecule has 110 valence electrons. The molecule has 0 radical (unpaired) electrons. The van der Waals surface area contributed by atoms with E-state index in [2.05, 4.69) is 0 Å². The van der Waals surface area contributed by atoms with E-state index < -0.39 is 35.0 Å². The molecule has 0 heterocycles. The van der Waals surface area contributed by atoms with E-state index in [0.717, 1.165) is 23.1 Å². The van der Waals surface area contributed by atoms with Crippen LogP contribution in [0.15, 0.2) is 30.0 Å². The van der Waals surface area contributed by atoms with Gasteiger partial charge < -0.3 is 10.2 Å². The number of carbonyl (C=O) groups is 1. The molecule has 3 nitrogen and oxygen atoms in total. The van der Waals surface area contributed by atoms with Gasteiger partial charge in [-0.15, -0.1) is 0 Å². The van der Waals surface area contributed by atoms with Crippen molar-refractivity contribution in [2.45, 2.75) is 6.18 Å². The molecule has 1 rings (SSSR count). The molecule has 0 atom stereocenters. The number of anilines is 1. The highest BCUT2D eigenvalue weighted by atomic mass is 19.4. The summed E-state index contributed by atoms with van der Waals surface area (Å²) in [7, 11) is 2.56. The summed E-state index contributed by atoms with van der Waals surface area (Å²) in [5, 5.41) is 1.59. The van der Waals surface area contributed by atoms with Crippen molar-refractivity contribution in [1.82, 2.24) is 4.90 Å². The number of hydrogen-bond donors (Lipinski definition) is 1. The zero-order chi connectivity index (χ0) is 15.5. The molecule has 1 amide bonds. The standard InChI is InChI=1S/C12H11F5N2O/c1-19(2)6-7(12(15,16)17)11(20)18-10-8(13)4-3-5-9(10)14/h3-6H,1-2H3,(H,18,20). The monoisotopic (exact) mass is 294 g/mol. The molecule has 1 aromatic carbocycles. The van der Waals surface area contributed by atoms with Gasteiger partial charge in [-0.25, -0.2) is 8.78 Å². The molecular weight excluding hydrogens is 283 g/mol. The van der Waals surface area contributed by atoms with E-state index in [1.807, 2.05) is 0 Å². The number of nitrogens with one attached hydrogen (secondary N) is 1. The van der Waals surface area contributed by atoms with Crippen LogP contribution >= 0.6 is 0 Å². The lowest BCUT2D eigenvalue weighted by atomic mass is 10.2. The fourth-order valence-electron chi connectivity index (χ4n) is 1.32. The van der Waals surface area contributed by atoms with Gasteiger partial charge in [-0.1, -0.05) is 6.07 Å². The van der Waals surface area contributed by atoms with Gasteiger partial charge in [-0.2, -0.15) is 13.2 Å². The second kappa shape index (κ2) is 5.89. The largest absolute Gasteiger partial charge is 0.423 e. The van der Waals surface area contributed by atoms with Crippen LogP contribution in [0.2, 0.25) is 0 Å². The first-order valence-corrected chi connectivity index (χ1v) is 5.33. The van der Waals surface area contributed by atoms with Crippen molar-refractivity contribution in [2.75, 3.05) is 19.4 Å². The smallest absolute Gasteiger partial charge is 0.383 e. The Balaban J connectivity index is 3.10. The highest BCUT2D eigenvalue weighted by Crippen LogP contribution is 2.28. The van der Waals surface area contributed by atoms with Crippen molar-refractivity contribution in [3.63, 3.8) is 0 Å². The van der Waals surface area contributed by atoms with Gasteiger partial charge >= 0.3 is 6.18 Å². The van der Waals surface area contributed by atoms with Gasteiger partial charge in [0.2, 0.25) is 0 Å². The zero-order valence-corrected chi connectivity index (χ0v) is 10.6. The third kappa shape index (κ3) is 3.94. The van der Waals surface area contributed by atoms with Crippen molar-refractivity contribution in [1.29, 1.82) is 0 Å². The Bertz CT molecular complexity index is 517. The molecule has 0 aliphatic heterocycles. The molecule has 1 aromatic rings. The third-order valence-electron chi connectivity index (χ3n) is 2.14. The van der Waals surface area contributed by atoms with Crippen molar-refractivity contribution in [3.8, 4) is 0 Å². The van der Waals surface area contributed by atoms with E-state index in [-0.39, 0.29) is 0 Å². The predicted octanol–water partition coefficient (Wildman–Crippen LogP) is 2.91. The van der Waals surface area contributed by atoms with Crippen LogP contribution in [-0.2, 0) is 4.79 Å².